The molecule has 0 saturated heterocycles. The highest BCUT2D eigenvalue weighted by atomic mass is 32.2. The zero-order valence-electron chi connectivity index (χ0n) is 10.8. The van der Waals surface area contributed by atoms with Crippen LogP contribution in [0.25, 0.3) is 0 Å². The maximum atomic E-state index is 11.7. The van der Waals surface area contributed by atoms with Crippen molar-refractivity contribution in [1.82, 2.24) is 4.90 Å². The minimum absolute atomic E-state index is 0.178. The van der Waals surface area contributed by atoms with Gasteiger partial charge in [-0.1, -0.05) is 17.7 Å². The number of amides is 1. The molecule has 0 spiro atoms. The SMILES string of the molecule is Cc1ccc(SCC(=O)N(C)CC(=O)O)c(C)c1. The van der Waals surface area contributed by atoms with Gasteiger partial charge in [0.25, 0.3) is 0 Å². The molecule has 0 aromatic heterocycles. The summed E-state index contributed by atoms with van der Waals surface area (Å²) in [6.45, 7) is 3.76. The van der Waals surface area contributed by atoms with Gasteiger partial charge < -0.3 is 10.0 Å². The molecule has 1 aromatic rings. The normalized spacial score (nSPS) is 10.2. The minimum atomic E-state index is -0.998. The van der Waals surface area contributed by atoms with Gasteiger partial charge in [0.2, 0.25) is 5.91 Å². The monoisotopic (exact) mass is 267 g/mol. The molecule has 0 fully saturated rings. The van der Waals surface area contributed by atoms with Crippen LogP contribution in [0.1, 0.15) is 11.1 Å². The zero-order chi connectivity index (χ0) is 13.7. The molecule has 0 atom stereocenters. The summed E-state index contributed by atoms with van der Waals surface area (Å²) in [5, 5.41) is 8.59. The second-order valence-electron chi connectivity index (χ2n) is 4.20. The fourth-order valence-corrected chi connectivity index (χ4v) is 2.45. The summed E-state index contributed by atoms with van der Waals surface area (Å²) >= 11 is 1.44. The van der Waals surface area contributed by atoms with E-state index in [0.717, 1.165) is 10.5 Å². The van der Waals surface area contributed by atoms with E-state index in [9.17, 15) is 9.59 Å². The lowest BCUT2D eigenvalue weighted by Gasteiger charge is -2.14. The molecular formula is C13H17NO3S. The molecule has 5 heteroatoms. The van der Waals surface area contributed by atoms with E-state index in [2.05, 4.69) is 6.07 Å². The average Bonchev–Trinajstić information content (AvgIpc) is 2.26. The summed E-state index contributed by atoms with van der Waals surface area (Å²) in [5.41, 5.74) is 2.32. The number of carboxylic acid groups (broad SMARTS) is 1. The standard InChI is InChI=1S/C13H17NO3S/c1-9-4-5-11(10(2)6-9)18-8-12(15)14(3)7-13(16)17/h4-6H,7-8H2,1-3H3,(H,16,17). The van der Waals surface area contributed by atoms with Crippen molar-refractivity contribution in [2.75, 3.05) is 19.3 Å². The van der Waals surface area contributed by atoms with Crippen LogP contribution in [0.5, 0.6) is 0 Å². The number of hydrogen-bond donors (Lipinski definition) is 1. The summed E-state index contributed by atoms with van der Waals surface area (Å²) < 4.78 is 0. The first-order valence-electron chi connectivity index (χ1n) is 5.56. The maximum absolute atomic E-state index is 11.7. The van der Waals surface area contributed by atoms with Crippen LogP contribution >= 0.6 is 11.8 Å². The Kier molecular flexibility index (Phi) is 5.22. The molecule has 0 bridgehead atoms. The van der Waals surface area contributed by atoms with Crippen molar-refractivity contribution in [2.45, 2.75) is 18.7 Å². The third-order valence-electron chi connectivity index (χ3n) is 2.48. The number of hydrogen-bond acceptors (Lipinski definition) is 3. The smallest absolute Gasteiger partial charge is 0.323 e. The Morgan fingerprint density at radius 3 is 2.56 bits per heavy atom. The van der Waals surface area contributed by atoms with E-state index in [1.165, 1.54) is 29.3 Å². The van der Waals surface area contributed by atoms with Crippen molar-refractivity contribution in [2.24, 2.45) is 0 Å². The van der Waals surface area contributed by atoms with E-state index in [-0.39, 0.29) is 18.2 Å². The Balaban J connectivity index is 2.54. The summed E-state index contributed by atoms with van der Waals surface area (Å²) in [4.78, 5) is 24.4. The minimum Gasteiger partial charge on any atom is -0.480 e. The van der Waals surface area contributed by atoms with Gasteiger partial charge in [-0.3, -0.25) is 9.59 Å². The summed E-state index contributed by atoms with van der Waals surface area (Å²) in [5.74, 6) is -0.919. The van der Waals surface area contributed by atoms with E-state index < -0.39 is 5.97 Å². The third-order valence-corrected chi connectivity index (χ3v) is 3.64. The quantitative estimate of drug-likeness (QED) is 0.828. The van der Waals surface area contributed by atoms with Crippen LogP contribution in [0.15, 0.2) is 23.1 Å². The van der Waals surface area contributed by atoms with Gasteiger partial charge in [0.1, 0.15) is 6.54 Å². The molecule has 0 aliphatic heterocycles. The number of carbonyl (C=O) groups excluding carboxylic acids is 1. The number of carbonyl (C=O) groups is 2. The first-order chi connectivity index (χ1) is 8.40. The molecule has 98 valence electrons. The molecule has 4 nitrogen and oxygen atoms in total. The number of likely N-dealkylation sites (N-methyl/N-ethyl adjacent to an activating group) is 1. The molecule has 1 amide bonds. The first-order valence-corrected chi connectivity index (χ1v) is 6.54. The molecule has 0 saturated carbocycles. The molecular weight excluding hydrogens is 250 g/mol. The van der Waals surface area contributed by atoms with Crippen molar-refractivity contribution in [3.63, 3.8) is 0 Å². The fraction of sp³-hybridized carbons (Fsp3) is 0.385. The van der Waals surface area contributed by atoms with Gasteiger partial charge in [0, 0.05) is 11.9 Å². The first kappa shape index (κ1) is 14.6. The number of nitrogens with zero attached hydrogens (tertiary/aromatic N) is 1. The van der Waals surface area contributed by atoms with Gasteiger partial charge >= 0.3 is 5.97 Å². The van der Waals surface area contributed by atoms with Crippen molar-refractivity contribution in [1.29, 1.82) is 0 Å². The molecule has 0 aliphatic rings. The van der Waals surface area contributed by atoms with Crippen LogP contribution in [0.2, 0.25) is 0 Å². The van der Waals surface area contributed by atoms with E-state index >= 15 is 0 Å². The zero-order valence-corrected chi connectivity index (χ0v) is 11.6. The second kappa shape index (κ2) is 6.44. The van der Waals surface area contributed by atoms with Crippen LogP contribution in [0.3, 0.4) is 0 Å². The Bertz CT molecular complexity index is 460. The number of thioether (sulfide) groups is 1. The highest BCUT2D eigenvalue weighted by Gasteiger charge is 2.12. The van der Waals surface area contributed by atoms with Gasteiger partial charge in [-0.2, -0.15) is 0 Å². The lowest BCUT2D eigenvalue weighted by molar-refractivity contribution is -0.142. The van der Waals surface area contributed by atoms with Gasteiger partial charge in [0.15, 0.2) is 0 Å². The maximum Gasteiger partial charge on any atom is 0.323 e. The molecule has 0 heterocycles. The number of benzene rings is 1. The predicted molar refractivity (Wildman–Crippen MR) is 71.9 cm³/mol. The second-order valence-corrected chi connectivity index (χ2v) is 5.22. The number of aliphatic carboxylic acids is 1. The fourth-order valence-electron chi connectivity index (χ4n) is 1.50. The number of rotatable bonds is 5. The van der Waals surface area contributed by atoms with Crippen LogP contribution in [0.4, 0.5) is 0 Å². The van der Waals surface area contributed by atoms with Crippen LogP contribution in [0, 0.1) is 13.8 Å². The Morgan fingerprint density at radius 1 is 1.33 bits per heavy atom. The van der Waals surface area contributed by atoms with Gasteiger partial charge in [-0.25, -0.2) is 0 Å². The Labute approximate surface area is 111 Å². The van der Waals surface area contributed by atoms with E-state index in [1.54, 1.807) is 0 Å². The highest BCUT2D eigenvalue weighted by molar-refractivity contribution is 8.00. The molecule has 0 aliphatic carbocycles. The van der Waals surface area contributed by atoms with Crippen LogP contribution < -0.4 is 0 Å². The number of aryl methyl sites for hydroxylation is 2. The van der Waals surface area contributed by atoms with E-state index in [4.69, 9.17) is 5.11 Å². The molecule has 1 aromatic carbocycles. The molecule has 1 rings (SSSR count). The topological polar surface area (TPSA) is 57.6 Å². The van der Waals surface area contributed by atoms with E-state index in [1.807, 2.05) is 26.0 Å². The van der Waals surface area contributed by atoms with Crippen LogP contribution in [-0.4, -0.2) is 41.2 Å². The lowest BCUT2D eigenvalue weighted by atomic mass is 10.2. The predicted octanol–water partition coefficient (Wildman–Crippen LogP) is 1.94. The molecule has 0 unspecified atom stereocenters. The molecule has 18 heavy (non-hydrogen) atoms. The van der Waals surface area contributed by atoms with E-state index in [0.29, 0.717) is 0 Å². The Hall–Kier alpha value is -1.49. The van der Waals surface area contributed by atoms with Crippen molar-refractivity contribution in [3.8, 4) is 0 Å². The van der Waals surface area contributed by atoms with Crippen LogP contribution in [-0.2, 0) is 9.59 Å². The highest BCUT2D eigenvalue weighted by Crippen LogP contribution is 2.23. The summed E-state index contributed by atoms with van der Waals surface area (Å²) in [6.07, 6.45) is 0. The van der Waals surface area contributed by atoms with Crippen molar-refractivity contribution >= 4 is 23.6 Å². The van der Waals surface area contributed by atoms with Crippen molar-refractivity contribution < 1.29 is 14.7 Å². The van der Waals surface area contributed by atoms with Gasteiger partial charge in [-0.15, -0.1) is 11.8 Å². The van der Waals surface area contributed by atoms with Gasteiger partial charge in [0.05, 0.1) is 5.75 Å². The van der Waals surface area contributed by atoms with Crippen molar-refractivity contribution in [3.05, 3.63) is 29.3 Å². The summed E-state index contributed by atoms with van der Waals surface area (Å²) in [7, 11) is 1.50. The largest absolute Gasteiger partial charge is 0.480 e. The molecule has 1 N–H and O–H groups in total. The van der Waals surface area contributed by atoms with Gasteiger partial charge in [-0.05, 0) is 25.5 Å². The Morgan fingerprint density at radius 2 is 2.00 bits per heavy atom. The average molecular weight is 267 g/mol. The lowest BCUT2D eigenvalue weighted by Crippen LogP contribution is -2.33. The number of carboxylic acids is 1. The molecule has 0 radical (unpaired) electrons. The summed E-state index contributed by atoms with van der Waals surface area (Å²) in [6, 6.07) is 6.05. The third kappa shape index (κ3) is 4.41.